The summed E-state index contributed by atoms with van der Waals surface area (Å²) in [6, 6.07) is 0.137. The van der Waals surface area contributed by atoms with Crippen molar-refractivity contribution in [3.8, 4) is 0 Å². The van der Waals surface area contributed by atoms with Crippen LogP contribution in [0.15, 0.2) is 22.1 Å². The average molecular weight is 246 g/mol. The first-order valence-corrected chi connectivity index (χ1v) is 6.61. The fourth-order valence-corrected chi connectivity index (χ4v) is 3.35. The summed E-state index contributed by atoms with van der Waals surface area (Å²) in [5.74, 6) is 0.603. The third-order valence-corrected chi connectivity index (χ3v) is 4.22. The Bertz CT molecular complexity index is 420. The largest absolute Gasteiger partial charge is 0.235 e. The van der Waals surface area contributed by atoms with Crippen molar-refractivity contribution >= 4 is 12.2 Å². The number of carbonyl (C=O) groups excluding carboxylic acids is 2. The predicted molar refractivity (Wildman–Crippen MR) is 67.7 cm³/mol. The van der Waals surface area contributed by atoms with Crippen molar-refractivity contribution in [2.75, 3.05) is 6.54 Å². The molecule has 0 spiro atoms. The molecule has 0 aromatic carbocycles. The van der Waals surface area contributed by atoms with E-state index in [9.17, 15) is 9.59 Å². The second kappa shape index (κ2) is 5.90. The van der Waals surface area contributed by atoms with Crippen LogP contribution in [0.1, 0.15) is 38.5 Å². The first-order chi connectivity index (χ1) is 8.80. The maximum Gasteiger partial charge on any atom is 0.235 e. The molecule has 0 aromatic heterocycles. The highest BCUT2D eigenvalue weighted by Gasteiger charge is 2.48. The number of hydrogen-bond acceptors (Lipinski definition) is 4. The van der Waals surface area contributed by atoms with E-state index in [2.05, 4.69) is 22.1 Å². The molecule has 2 aliphatic carbocycles. The van der Waals surface area contributed by atoms with Crippen LogP contribution in [0.25, 0.3) is 0 Å². The zero-order valence-electron chi connectivity index (χ0n) is 10.5. The third kappa shape index (κ3) is 2.66. The van der Waals surface area contributed by atoms with Gasteiger partial charge in [-0.2, -0.15) is 0 Å². The van der Waals surface area contributed by atoms with E-state index in [0.717, 1.165) is 38.5 Å². The molecule has 2 bridgehead atoms. The van der Waals surface area contributed by atoms with Crippen molar-refractivity contribution in [3.63, 3.8) is 0 Å². The number of hydrogen-bond donors (Lipinski definition) is 0. The van der Waals surface area contributed by atoms with Crippen LogP contribution < -0.4 is 0 Å². The van der Waals surface area contributed by atoms with Gasteiger partial charge in [-0.05, 0) is 31.6 Å². The van der Waals surface area contributed by atoms with Crippen molar-refractivity contribution < 1.29 is 9.59 Å². The van der Waals surface area contributed by atoms with Gasteiger partial charge in [0.15, 0.2) is 0 Å². The normalized spacial score (nSPS) is 32.0. The van der Waals surface area contributed by atoms with Gasteiger partial charge in [0.25, 0.3) is 0 Å². The lowest BCUT2D eigenvalue weighted by atomic mass is 9.79. The number of aliphatic imine (C=N–C) groups is 2. The highest BCUT2D eigenvalue weighted by molar-refractivity contribution is 5.36. The molecule has 18 heavy (non-hydrogen) atoms. The number of allylic oxidation sites excluding steroid dienone is 1. The standard InChI is InChI=1S/C14H18N2O2/c17-10-15-7-3-1-2-5-14-6-4-12(9-14)8-13(14)16-11-18/h4,6,12-13H,1-3,5,7-9H2. The minimum Gasteiger partial charge on any atom is -0.211 e. The Labute approximate surface area is 107 Å². The summed E-state index contributed by atoms with van der Waals surface area (Å²) in [4.78, 5) is 27.9. The maximum absolute atomic E-state index is 10.5. The second-order valence-corrected chi connectivity index (χ2v) is 5.31. The Morgan fingerprint density at radius 2 is 2.11 bits per heavy atom. The van der Waals surface area contributed by atoms with Gasteiger partial charge >= 0.3 is 0 Å². The highest BCUT2D eigenvalue weighted by Crippen LogP contribution is 2.53. The Morgan fingerprint density at radius 1 is 1.22 bits per heavy atom. The topological polar surface area (TPSA) is 58.9 Å². The Balaban J connectivity index is 1.81. The molecule has 0 aromatic rings. The maximum atomic E-state index is 10.5. The summed E-state index contributed by atoms with van der Waals surface area (Å²) in [5.41, 5.74) is 0.107. The van der Waals surface area contributed by atoms with E-state index in [4.69, 9.17) is 0 Å². The van der Waals surface area contributed by atoms with Crippen LogP contribution in [0.2, 0.25) is 0 Å². The van der Waals surface area contributed by atoms with E-state index >= 15 is 0 Å². The average Bonchev–Trinajstić information content (AvgIpc) is 2.92. The Morgan fingerprint density at radius 3 is 2.83 bits per heavy atom. The smallest absolute Gasteiger partial charge is 0.211 e. The van der Waals surface area contributed by atoms with Gasteiger partial charge in [-0.15, -0.1) is 0 Å². The zero-order valence-corrected chi connectivity index (χ0v) is 10.5. The monoisotopic (exact) mass is 246 g/mol. The summed E-state index contributed by atoms with van der Waals surface area (Å²) in [6.07, 6.45) is 14.1. The van der Waals surface area contributed by atoms with Crippen molar-refractivity contribution in [1.29, 1.82) is 0 Å². The van der Waals surface area contributed by atoms with Crippen LogP contribution in [-0.2, 0) is 9.59 Å². The van der Waals surface area contributed by atoms with E-state index in [1.165, 1.54) is 0 Å². The lowest BCUT2D eigenvalue weighted by Crippen LogP contribution is -2.26. The molecule has 3 unspecified atom stereocenters. The van der Waals surface area contributed by atoms with E-state index < -0.39 is 0 Å². The van der Waals surface area contributed by atoms with Crippen LogP contribution in [0.3, 0.4) is 0 Å². The number of rotatable bonds is 7. The number of unbranched alkanes of at least 4 members (excludes halogenated alkanes) is 2. The molecule has 0 saturated heterocycles. The zero-order chi connectivity index (χ0) is 12.8. The van der Waals surface area contributed by atoms with Gasteiger partial charge in [0, 0.05) is 5.41 Å². The SMILES string of the molecule is O=C=NCCCCCC12C=CC(CC1N=C=O)C2. The molecule has 1 saturated carbocycles. The molecule has 4 heteroatoms. The Kier molecular flexibility index (Phi) is 4.24. The molecule has 1 fully saturated rings. The van der Waals surface area contributed by atoms with Crippen molar-refractivity contribution in [3.05, 3.63) is 12.2 Å². The summed E-state index contributed by atoms with van der Waals surface area (Å²) in [6.45, 7) is 0.574. The first-order valence-electron chi connectivity index (χ1n) is 6.61. The minimum atomic E-state index is 0.107. The van der Waals surface area contributed by atoms with Gasteiger partial charge in [0.2, 0.25) is 12.2 Å². The van der Waals surface area contributed by atoms with Crippen molar-refractivity contribution in [2.45, 2.75) is 44.6 Å². The lowest BCUT2D eigenvalue weighted by molar-refractivity contribution is 0.312. The van der Waals surface area contributed by atoms with Gasteiger partial charge in [-0.1, -0.05) is 25.0 Å². The van der Waals surface area contributed by atoms with E-state index in [1.807, 2.05) is 0 Å². The van der Waals surface area contributed by atoms with Gasteiger partial charge in [0.1, 0.15) is 0 Å². The minimum absolute atomic E-state index is 0.107. The number of isocyanates is 2. The third-order valence-electron chi connectivity index (χ3n) is 4.22. The summed E-state index contributed by atoms with van der Waals surface area (Å²) >= 11 is 0. The summed E-state index contributed by atoms with van der Waals surface area (Å²) in [7, 11) is 0. The van der Waals surface area contributed by atoms with Gasteiger partial charge in [0.05, 0.1) is 12.6 Å². The van der Waals surface area contributed by atoms with E-state index in [0.29, 0.717) is 12.5 Å². The van der Waals surface area contributed by atoms with Gasteiger partial charge in [-0.3, -0.25) is 0 Å². The fraction of sp³-hybridized carbons (Fsp3) is 0.714. The molecule has 3 atom stereocenters. The molecule has 4 nitrogen and oxygen atoms in total. The molecule has 2 rings (SSSR count). The first kappa shape index (κ1) is 12.9. The van der Waals surface area contributed by atoms with Crippen LogP contribution >= 0.6 is 0 Å². The van der Waals surface area contributed by atoms with Gasteiger partial charge < -0.3 is 0 Å². The lowest BCUT2D eigenvalue weighted by Gasteiger charge is -2.28. The van der Waals surface area contributed by atoms with Crippen LogP contribution in [0.5, 0.6) is 0 Å². The predicted octanol–water partition coefficient (Wildman–Crippen LogP) is 2.55. The second-order valence-electron chi connectivity index (χ2n) is 5.31. The van der Waals surface area contributed by atoms with Crippen molar-refractivity contribution in [2.24, 2.45) is 21.3 Å². The molecule has 2 aliphatic rings. The van der Waals surface area contributed by atoms with Crippen LogP contribution in [0.4, 0.5) is 0 Å². The molecule has 0 radical (unpaired) electrons. The fourth-order valence-electron chi connectivity index (χ4n) is 3.35. The highest BCUT2D eigenvalue weighted by atomic mass is 16.1. The molecule has 0 N–H and O–H groups in total. The van der Waals surface area contributed by atoms with E-state index in [-0.39, 0.29) is 11.5 Å². The molecular weight excluding hydrogens is 228 g/mol. The molecule has 0 heterocycles. The van der Waals surface area contributed by atoms with Crippen LogP contribution in [0, 0.1) is 11.3 Å². The van der Waals surface area contributed by atoms with E-state index in [1.54, 1.807) is 12.2 Å². The molecular formula is C14H18N2O2. The molecule has 0 amide bonds. The molecule has 0 aliphatic heterocycles. The van der Waals surface area contributed by atoms with Crippen molar-refractivity contribution in [1.82, 2.24) is 0 Å². The van der Waals surface area contributed by atoms with Gasteiger partial charge in [-0.25, -0.2) is 19.6 Å². The Hall–Kier alpha value is -1.50. The quantitative estimate of drug-likeness (QED) is 0.300. The number of fused-ring (bicyclic) bond motifs is 2. The molecule has 96 valence electrons. The summed E-state index contributed by atoms with van der Waals surface area (Å²) in [5, 5.41) is 0. The number of nitrogens with zero attached hydrogens (tertiary/aromatic N) is 2. The van der Waals surface area contributed by atoms with Crippen LogP contribution in [-0.4, -0.2) is 24.7 Å². The summed E-state index contributed by atoms with van der Waals surface area (Å²) < 4.78 is 0.